The molecule has 0 radical (unpaired) electrons. The number of rotatable bonds is 3. The number of thioether (sulfide) groups is 1. The van der Waals surface area contributed by atoms with Gasteiger partial charge in [0.15, 0.2) is 0 Å². The molecule has 2 fully saturated rings. The first-order valence-corrected chi connectivity index (χ1v) is 10.2. The average Bonchev–Trinajstić information content (AvgIpc) is 3.13. The summed E-state index contributed by atoms with van der Waals surface area (Å²) in [5.41, 5.74) is 1.75. The normalized spacial score (nSPS) is 26.3. The van der Waals surface area contributed by atoms with E-state index < -0.39 is 6.04 Å². The van der Waals surface area contributed by atoms with Gasteiger partial charge in [-0.2, -0.15) is 0 Å². The standard InChI is InChI=1S/C20H20ClN3O2S/c1-13-18(19(26)24(22(13)2)16-9-4-3-5-10-16)23-17(25)12-27-20(23)14-7-6-8-15(21)11-14/h3-11,13,18,20H,12H2,1-2H3. The van der Waals surface area contributed by atoms with Crippen molar-refractivity contribution in [2.24, 2.45) is 0 Å². The van der Waals surface area contributed by atoms with Crippen molar-refractivity contribution in [3.8, 4) is 0 Å². The van der Waals surface area contributed by atoms with Crippen molar-refractivity contribution in [2.75, 3.05) is 17.8 Å². The fraction of sp³-hybridized carbons (Fsp3) is 0.300. The van der Waals surface area contributed by atoms with E-state index in [1.807, 2.05) is 73.6 Å². The van der Waals surface area contributed by atoms with Crippen molar-refractivity contribution >= 4 is 40.9 Å². The van der Waals surface area contributed by atoms with E-state index in [0.29, 0.717) is 10.8 Å². The summed E-state index contributed by atoms with van der Waals surface area (Å²) in [5.74, 6) is 0.264. The Labute approximate surface area is 167 Å². The van der Waals surface area contributed by atoms with Crippen LogP contribution in [0.1, 0.15) is 17.9 Å². The lowest BCUT2D eigenvalue weighted by Crippen LogP contribution is -2.47. The quantitative estimate of drug-likeness (QED) is 0.788. The molecule has 0 aromatic heterocycles. The van der Waals surface area contributed by atoms with Gasteiger partial charge in [0.05, 0.1) is 17.5 Å². The molecule has 0 spiro atoms. The summed E-state index contributed by atoms with van der Waals surface area (Å²) in [6, 6.07) is 16.4. The maximum absolute atomic E-state index is 13.4. The Balaban J connectivity index is 1.70. The lowest BCUT2D eigenvalue weighted by molar-refractivity contribution is -0.136. The van der Waals surface area contributed by atoms with Crippen molar-refractivity contribution in [1.29, 1.82) is 0 Å². The third-order valence-electron chi connectivity index (χ3n) is 5.16. The molecule has 2 aromatic rings. The van der Waals surface area contributed by atoms with Crippen LogP contribution >= 0.6 is 23.4 Å². The van der Waals surface area contributed by atoms with Gasteiger partial charge in [0, 0.05) is 12.1 Å². The molecule has 4 rings (SSSR count). The van der Waals surface area contributed by atoms with Crippen molar-refractivity contribution in [2.45, 2.75) is 24.4 Å². The minimum absolute atomic E-state index is 0.0153. The van der Waals surface area contributed by atoms with Gasteiger partial charge in [-0.1, -0.05) is 41.9 Å². The zero-order chi connectivity index (χ0) is 19.1. The zero-order valence-electron chi connectivity index (χ0n) is 15.1. The van der Waals surface area contributed by atoms with Crippen molar-refractivity contribution in [1.82, 2.24) is 9.91 Å². The van der Waals surface area contributed by atoms with Crippen LogP contribution in [-0.4, -0.2) is 46.6 Å². The predicted molar refractivity (Wildman–Crippen MR) is 108 cm³/mol. The van der Waals surface area contributed by atoms with Gasteiger partial charge < -0.3 is 4.90 Å². The topological polar surface area (TPSA) is 43.9 Å². The number of anilines is 1. The smallest absolute Gasteiger partial charge is 0.266 e. The number of hydrogen-bond acceptors (Lipinski definition) is 4. The molecule has 0 N–H and O–H groups in total. The van der Waals surface area contributed by atoms with Gasteiger partial charge in [-0.05, 0) is 36.8 Å². The first-order valence-electron chi connectivity index (χ1n) is 8.79. The third kappa shape index (κ3) is 3.12. The van der Waals surface area contributed by atoms with E-state index in [1.165, 1.54) is 11.8 Å². The molecular formula is C20H20ClN3O2S. The van der Waals surface area contributed by atoms with Gasteiger partial charge in [0.25, 0.3) is 5.91 Å². The second-order valence-electron chi connectivity index (χ2n) is 6.76. The Morgan fingerprint density at radius 3 is 2.52 bits per heavy atom. The highest BCUT2D eigenvalue weighted by Gasteiger charge is 2.51. The molecule has 0 saturated carbocycles. The molecule has 2 aliphatic rings. The van der Waals surface area contributed by atoms with E-state index in [4.69, 9.17) is 11.6 Å². The third-order valence-corrected chi connectivity index (χ3v) is 6.63. The summed E-state index contributed by atoms with van der Waals surface area (Å²) < 4.78 is 0. The average molecular weight is 402 g/mol. The van der Waals surface area contributed by atoms with E-state index >= 15 is 0 Å². The number of benzene rings is 2. The van der Waals surface area contributed by atoms with E-state index in [-0.39, 0.29) is 23.2 Å². The second-order valence-corrected chi connectivity index (χ2v) is 8.27. The summed E-state index contributed by atoms with van der Waals surface area (Å²) in [6.45, 7) is 1.98. The molecular weight excluding hydrogens is 382 g/mol. The molecule has 7 heteroatoms. The molecule has 5 nitrogen and oxygen atoms in total. The molecule has 2 heterocycles. The maximum atomic E-state index is 13.4. The molecule has 2 amide bonds. The second kappa shape index (κ2) is 7.19. The van der Waals surface area contributed by atoms with Gasteiger partial charge in [-0.15, -0.1) is 11.8 Å². The molecule has 27 heavy (non-hydrogen) atoms. The summed E-state index contributed by atoms with van der Waals surface area (Å²) in [5, 5.41) is 3.99. The Morgan fingerprint density at radius 2 is 1.81 bits per heavy atom. The van der Waals surface area contributed by atoms with Crippen LogP contribution in [0.4, 0.5) is 5.69 Å². The number of amides is 2. The van der Waals surface area contributed by atoms with Crippen LogP contribution in [0.2, 0.25) is 5.02 Å². The number of halogens is 1. The summed E-state index contributed by atoms with van der Waals surface area (Å²) in [7, 11) is 1.89. The van der Waals surface area contributed by atoms with Gasteiger partial charge in [-0.3, -0.25) is 9.59 Å². The predicted octanol–water partition coefficient (Wildman–Crippen LogP) is 3.56. The highest BCUT2D eigenvalue weighted by Crippen LogP contribution is 2.43. The highest BCUT2D eigenvalue weighted by atomic mass is 35.5. The van der Waals surface area contributed by atoms with Crippen LogP contribution in [-0.2, 0) is 9.59 Å². The number of para-hydroxylation sites is 1. The van der Waals surface area contributed by atoms with Gasteiger partial charge in [0.2, 0.25) is 5.91 Å². The van der Waals surface area contributed by atoms with Crippen LogP contribution in [0.15, 0.2) is 54.6 Å². The van der Waals surface area contributed by atoms with Crippen molar-refractivity contribution < 1.29 is 9.59 Å². The first kappa shape index (κ1) is 18.3. The number of likely N-dealkylation sites (N-methyl/N-ethyl adjacent to an activating group) is 1. The van der Waals surface area contributed by atoms with E-state index in [9.17, 15) is 9.59 Å². The van der Waals surface area contributed by atoms with Crippen LogP contribution in [0, 0.1) is 0 Å². The summed E-state index contributed by atoms with van der Waals surface area (Å²) in [6.07, 6.45) is 0. The molecule has 0 aliphatic carbocycles. The van der Waals surface area contributed by atoms with Gasteiger partial charge >= 0.3 is 0 Å². The van der Waals surface area contributed by atoms with Crippen LogP contribution in [0.5, 0.6) is 0 Å². The minimum atomic E-state index is -0.540. The maximum Gasteiger partial charge on any atom is 0.266 e. The fourth-order valence-electron chi connectivity index (χ4n) is 3.76. The van der Waals surface area contributed by atoms with Crippen LogP contribution in [0.3, 0.4) is 0 Å². The Hall–Kier alpha value is -2.02. The van der Waals surface area contributed by atoms with Crippen LogP contribution in [0.25, 0.3) is 0 Å². The number of hydrogen-bond donors (Lipinski definition) is 0. The number of carbonyl (C=O) groups excluding carboxylic acids is 2. The SMILES string of the molecule is CC1C(N2C(=O)CSC2c2cccc(Cl)c2)C(=O)N(c2ccccc2)N1C. The summed E-state index contributed by atoms with van der Waals surface area (Å²) >= 11 is 7.69. The molecule has 2 aromatic carbocycles. The van der Waals surface area contributed by atoms with Crippen molar-refractivity contribution in [3.63, 3.8) is 0 Å². The van der Waals surface area contributed by atoms with Crippen LogP contribution < -0.4 is 5.01 Å². The number of carbonyl (C=O) groups is 2. The Bertz CT molecular complexity index is 879. The molecule has 3 unspecified atom stereocenters. The lowest BCUT2D eigenvalue weighted by Gasteiger charge is -2.31. The molecule has 2 saturated heterocycles. The zero-order valence-corrected chi connectivity index (χ0v) is 16.7. The minimum Gasteiger partial charge on any atom is -0.312 e. The van der Waals surface area contributed by atoms with E-state index in [1.54, 1.807) is 9.91 Å². The van der Waals surface area contributed by atoms with Gasteiger partial charge in [-0.25, -0.2) is 10.0 Å². The fourth-order valence-corrected chi connectivity index (χ4v) is 5.15. The Morgan fingerprint density at radius 1 is 1.07 bits per heavy atom. The number of hydrazine groups is 1. The monoisotopic (exact) mass is 401 g/mol. The van der Waals surface area contributed by atoms with E-state index in [2.05, 4.69) is 0 Å². The number of nitrogens with zero attached hydrogens (tertiary/aromatic N) is 3. The summed E-state index contributed by atoms with van der Waals surface area (Å²) in [4.78, 5) is 27.9. The first-order chi connectivity index (χ1) is 13.0. The highest BCUT2D eigenvalue weighted by molar-refractivity contribution is 8.00. The molecule has 2 aliphatic heterocycles. The molecule has 140 valence electrons. The van der Waals surface area contributed by atoms with Crippen molar-refractivity contribution in [3.05, 3.63) is 65.2 Å². The Kier molecular flexibility index (Phi) is 4.88. The van der Waals surface area contributed by atoms with E-state index in [0.717, 1.165) is 11.3 Å². The van der Waals surface area contributed by atoms with Gasteiger partial charge in [0.1, 0.15) is 11.4 Å². The molecule has 0 bridgehead atoms. The molecule has 3 atom stereocenters. The largest absolute Gasteiger partial charge is 0.312 e. The lowest BCUT2D eigenvalue weighted by atomic mass is 10.1.